The molecule has 1 aliphatic rings. The summed E-state index contributed by atoms with van der Waals surface area (Å²) >= 11 is 0. The molecule has 1 unspecified atom stereocenters. The second-order valence-corrected chi connectivity index (χ2v) is 4.10. The van der Waals surface area contributed by atoms with Crippen molar-refractivity contribution in [2.45, 2.75) is 25.7 Å². The van der Waals surface area contributed by atoms with Gasteiger partial charge in [0, 0.05) is 25.9 Å². The lowest BCUT2D eigenvalue weighted by molar-refractivity contribution is -0.145. The van der Waals surface area contributed by atoms with Gasteiger partial charge in [0.2, 0.25) is 5.91 Å². The number of carboxylic acid groups (broad SMARTS) is 1. The predicted molar refractivity (Wildman–Crippen MR) is 58.2 cm³/mol. The van der Waals surface area contributed by atoms with Gasteiger partial charge in [-0.05, 0) is 12.8 Å². The molecule has 0 bridgehead atoms. The van der Waals surface area contributed by atoms with E-state index in [0.29, 0.717) is 25.9 Å². The first-order valence-electron chi connectivity index (χ1n) is 5.62. The van der Waals surface area contributed by atoms with Crippen LogP contribution in [0.25, 0.3) is 0 Å². The van der Waals surface area contributed by atoms with Gasteiger partial charge in [-0.25, -0.2) is 0 Å². The molecule has 0 aromatic heterocycles. The van der Waals surface area contributed by atoms with E-state index in [0.717, 1.165) is 0 Å². The van der Waals surface area contributed by atoms with Crippen molar-refractivity contribution in [2.24, 2.45) is 5.92 Å². The van der Waals surface area contributed by atoms with Gasteiger partial charge in [-0.2, -0.15) is 0 Å². The number of hydrogen-bond donors (Lipinski definition) is 1. The maximum absolute atomic E-state index is 11.7. The lowest BCUT2D eigenvalue weighted by Crippen LogP contribution is -2.30. The Morgan fingerprint density at radius 2 is 2.06 bits per heavy atom. The molecule has 0 spiro atoms. The number of hydrogen-bond acceptors (Lipinski definition) is 4. The van der Waals surface area contributed by atoms with Crippen LogP contribution in [0.4, 0.5) is 0 Å². The Morgan fingerprint density at radius 3 is 2.65 bits per heavy atom. The molecule has 6 heteroatoms. The fourth-order valence-corrected chi connectivity index (χ4v) is 1.89. The van der Waals surface area contributed by atoms with Gasteiger partial charge in [-0.3, -0.25) is 14.4 Å². The highest BCUT2D eigenvalue weighted by Crippen LogP contribution is 2.18. The van der Waals surface area contributed by atoms with Gasteiger partial charge >= 0.3 is 11.9 Å². The number of carbonyl (C=O) groups is 3. The zero-order chi connectivity index (χ0) is 12.8. The average Bonchev–Trinajstić information content (AvgIpc) is 2.76. The van der Waals surface area contributed by atoms with E-state index in [9.17, 15) is 14.4 Å². The van der Waals surface area contributed by atoms with Crippen molar-refractivity contribution in [3.8, 4) is 0 Å². The molecular formula is C11H17NO5. The Hall–Kier alpha value is -1.59. The normalized spacial score (nSPS) is 19.1. The summed E-state index contributed by atoms with van der Waals surface area (Å²) in [5, 5.41) is 8.45. The third-order valence-electron chi connectivity index (χ3n) is 2.86. The van der Waals surface area contributed by atoms with Crippen molar-refractivity contribution in [3.63, 3.8) is 0 Å². The Labute approximate surface area is 99.5 Å². The highest BCUT2D eigenvalue weighted by atomic mass is 16.5. The van der Waals surface area contributed by atoms with Crippen LogP contribution >= 0.6 is 0 Å². The third kappa shape index (κ3) is 4.05. The summed E-state index contributed by atoms with van der Waals surface area (Å²) in [5.74, 6) is -1.50. The van der Waals surface area contributed by atoms with Crippen LogP contribution in [-0.2, 0) is 19.1 Å². The van der Waals surface area contributed by atoms with Gasteiger partial charge in [0.05, 0.1) is 13.0 Å². The molecule has 1 aliphatic heterocycles. The second kappa shape index (κ2) is 6.22. The van der Waals surface area contributed by atoms with Gasteiger partial charge in [-0.15, -0.1) is 0 Å². The summed E-state index contributed by atoms with van der Waals surface area (Å²) < 4.78 is 4.62. The average molecular weight is 243 g/mol. The van der Waals surface area contributed by atoms with Crippen LogP contribution in [-0.4, -0.2) is 48.1 Å². The van der Waals surface area contributed by atoms with E-state index in [1.807, 2.05) is 0 Å². The number of carboxylic acids is 1. The summed E-state index contributed by atoms with van der Waals surface area (Å²) in [7, 11) is 1.33. The molecule has 0 aliphatic carbocycles. The number of likely N-dealkylation sites (tertiary alicyclic amines) is 1. The lowest BCUT2D eigenvalue weighted by Gasteiger charge is -2.15. The fourth-order valence-electron chi connectivity index (χ4n) is 1.89. The molecule has 1 rings (SSSR count). The Bertz CT molecular complexity index is 315. The molecule has 0 aromatic carbocycles. The van der Waals surface area contributed by atoms with Gasteiger partial charge in [-0.1, -0.05) is 0 Å². The van der Waals surface area contributed by atoms with Crippen LogP contribution < -0.4 is 0 Å². The molecule has 96 valence electrons. The minimum Gasteiger partial charge on any atom is -0.481 e. The summed E-state index contributed by atoms with van der Waals surface area (Å²) in [5.41, 5.74) is 0. The molecule has 1 fully saturated rings. The topological polar surface area (TPSA) is 83.9 Å². The molecule has 0 aromatic rings. The van der Waals surface area contributed by atoms with Crippen LogP contribution in [0.3, 0.4) is 0 Å². The number of rotatable bonds is 5. The van der Waals surface area contributed by atoms with Crippen molar-refractivity contribution in [3.05, 3.63) is 0 Å². The van der Waals surface area contributed by atoms with Gasteiger partial charge in [0.15, 0.2) is 0 Å². The molecule has 1 saturated heterocycles. The van der Waals surface area contributed by atoms with Crippen molar-refractivity contribution < 1.29 is 24.2 Å². The smallest absolute Gasteiger partial charge is 0.310 e. The van der Waals surface area contributed by atoms with Crippen molar-refractivity contribution in [1.29, 1.82) is 0 Å². The highest BCUT2D eigenvalue weighted by Gasteiger charge is 2.31. The molecule has 0 radical (unpaired) electrons. The number of amides is 1. The number of carbonyl (C=O) groups excluding carboxylic acids is 2. The largest absolute Gasteiger partial charge is 0.481 e. The van der Waals surface area contributed by atoms with E-state index in [1.165, 1.54) is 7.11 Å². The van der Waals surface area contributed by atoms with Crippen LogP contribution in [0.2, 0.25) is 0 Å². The molecule has 1 amide bonds. The summed E-state index contributed by atoms with van der Waals surface area (Å²) in [6, 6.07) is 0. The van der Waals surface area contributed by atoms with Gasteiger partial charge in [0.25, 0.3) is 0 Å². The number of methoxy groups -OCH3 is 1. The quantitative estimate of drug-likeness (QED) is 0.700. The van der Waals surface area contributed by atoms with Gasteiger partial charge in [0.1, 0.15) is 0 Å². The van der Waals surface area contributed by atoms with E-state index in [4.69, 9.17) is 5.11 Å². The van der Waals surface area contributed by atoms with E-state index in [2.05, 4.69) is 4.74 Å². The summed E-state index contributed by atoms with van der Waals surface area (Å²) in [4.78, 5) is 34.8. The maximum atomic E-state index is 11.7. The Kier molecular flexibility index (Phi) is 4.93. The van der Waals surface area contributed by atoms with Crippen molar-refractivity contribution >= 4 is 17.8 Å². The van der Waals surface area contributed by atoms with Crippen LogP contribution in [0, 0.1) is 5.92 Å². The predicted octanol–water partition coefficient (Wildman–Crippen LogP) is 0.263. The van der Waals surface area contributed by atoms with Crippen LogP contribution in [0.1, 0.15) is 25.7 Å². The molecule has 17 heavy (non-hydrogen) atoms. The monoisotopic (exact) mass is 243 g/mol. The van der Waals surface area contributed by atoms with E-state index >= 15 is 0 Å². The molecule has 1 N–H and O–H groups in total. The third-order valence-corrected chi connectivity index (χ3v) is 2.86. The number of aliphatic carboxylic acids is 1. The first kappa shape index (κ1) is 13.5. The zero-order valence-corrected chi connectivity index (χ0v) is 9.85. The molecular weight excluding hydrogens is 226 g/mol. The number of ether oxygens (including phenoxy) is 1. The molecule has 0 saturated carbocycles. The SMILES string of the molecule is COC(=O)C1CCN(C(=O)CCCC(=O)O)C1. The van der Waals surface area contributed by atoms with E-state index in [-0.39, 0.29) is 30.6 Å². The number of nitrogens with zero attached hydrogens (tertiary/aromatic N) is 1. The summed E-state index contributed by atoms with van der Waals surface area (Å²) in [6.07, 6.45) is 1.19. The van der Waals surface area contributed by atoms with Gasteiger partial charge < -0.3 is 14.7 Å². The standard InChI is InChI=1S/C11H17NO5/c1-17-11(16)8-5-6-12(7-8)9(13)3-2-4-10(14)15/h8H,2-7H2,1H3,(H,14,15). The molecule has 6 nitrogen and oxygen atoms in total. The van der Waals surface area contributed by atoms with Crippen molar-refractivity contribution in [1.82, 2.24) is 4.90 Å². The van der Waals surface area contributed by atoms with Crippen LogP contribution in [0.15, 0.2) is 0 Å². The lowest BCUT2D eigenvalue weighted by atomic mass is 10.1. The highest BCUT2D eigenvalue weighted by molar-refractivity contribution is 5.79. The fraction of sp³-hybridized carbons (Fsp3) is 0.727. The first-order valence-corrected chi connectivity index (χ1v) is 5.62. The van der Waals surface area contributed by atoms with E-state index < -0.39 is 5.97 Å². The Morgan fingerprint density at radius 1 is 1.35 bits per heavy atom. The Balaban J connectivity index is 2.30. The number of esters is 1. The molecule has 1 atom stereocenters. The zero-order valence-electron chi connectivity index (χ0n) is 9.85. The molecule has 1 heterocycles. The summed E-state index contributed by atoms with van der Waals surface area (Å²) in [6.45, 7) is 0.935. The van der Waals surface area contributed by atoms with Crippen LogP contribution in [0.5, 0.6) is 0 Å². The second-order valence-electron chi connectivity index (χ2n) is 4.10. The van der Waals surface area contributed by atoms with E-state index in [1.54, 1.807) is 4.90 Å². The first-order chi connectivity index (χ1) is 8.04. The maximum Gasteiger partial charge on any atom is 0.310 e. The minimum absolute atomic E-state index is 0.0000102. The minimum atomic E-state index is -0.897. The van der Waals surface area contributed by atoms with Crippen molar-refractivity contribution in [2.75, 3.05) is 20.2 Å².